The topological polar surface area (TPSA) is 65.4 Å². The van der Waals surface area contributed by atoms with Gasteiger partial charge in [0, 0.05) is 30.7 Å². The molecular formula is C20H26FN3O2. The van der Waals surface area contributed by atoms with E-state index in [1.54, 1.807) is 25.1 Å². The largest absolute Gasteiger partial charge is 0.450 e. The predicted molar refractivity (Wildman–Crippen MR) is 96.1 cm³/mol. The second kappa shape index (κ2) is 8.05. The van der Waals surface area contributed by atoms with Crippen molar-refractivity contribution in [2.75, 3.05) is 19.7 Å². The molecule has 1 aromatic rings. The van der Waals surface area contributed by atoms with Crippen molar-refractivity contribution in [2.45, 2.75) is 56.5 Å². The number of likely N-dealkylation sites (tertiary alicyclic amines) is 1. The first-order valence-corrected chi connectivity index (χ1v) is 9.41. The normalized spacial score (nSPS) is 29.1. The molecule has 1 N–H and O–H groups in total. The quantitative estimate of drug-likeness (QED) is 0.895. The third-order valence-electron chi connectivity index (χ3n) is 5.75. The van der Waals surface area contributed by atoms with Crippen molar-refractivity contribution in [1.82, 2.24) is 10.2 Å². The Balaban J connectivity index is 1.58. The molecule has 0 radical (unpaired) electrons. The fraction of sp³-hybridized carbons (Fsp3) is 0.600. The number of ether oxygens (including phenoxy) is 1. The highest BCUT2D eigenvalue weighted by atomic mass is 19.1. The molecule has 3 rings (SSSR count). The number of nitrogens with one attached hydrogen (secondary N) is 1. The molecule has 26 heavy (non-hydrogen) atoms. The molecule has 2 aliphatic rings. The van der Waals surface area contributed by atoms with Gasteiger partial charge in [-0.15, -0.1) is 0 Å². The van der Waals surface area contributed by atoms with Gasteiger partial charge in [-0.25, -0.2) is 9.18 Å². The maximum absolute atomic E-state index is 14.2. The zero-order chi connectivity index (χ0) is 18.6. The summed E-state index contributed by atoms with van der Waals surface area (Å²) >= 11 is 0. The number of carbonyl (C=O) groups is 1. The maximum Gasteiger partial charge on any atom is 0.407 e. The minimum absolute atomic E-state index is 0.114. The van der Waals surface area contributed by atoms with E-state index in [1.165, 1.54) is 6.07 Å². The molecule has 1 aromatic carbocycles. The SMILES string of the molecule is CCOC(=O)N[C@@H]1CCN(C2CCC(C#N)(c3ccccc3F)CC2)C1. The number of amides is 1. The van der Waals surface area contributed by atoms with Crippen LogP contribution < -0.4 is 5.32 Å². The molecule has 1 saturated heterocycles. The number of hydrogen-bond donors (Lipinski definition) is 1. The van der Waals surface area contributed by atoms with E-state index in [9.17, 15) is 14.4 Å². The number of carbonyl (C=O) groups excluding carboxylic acids is 1. The van der Waals surface area contributed by atoms with Gasteiger partial charge in [-0.2, -0.15) is 5.26 Å². The Morgan fingerprint density at radius 1 is 1.38 bits per heavy atom. The molecule has 140 valence electrons. The number of alkyl carbamates (subject to hydrolysis) is 1. The van der Waals surface area contributed by atoms with Crippen LogP contribution >= 0.6 is 0 Å². The summed E-state index contributed by atoms with van der Waals surface area (Å²) in [6.07, 6.45) is 3.63. The van der Waals surface area contributed by atoms with Gasteiger partial charge in [0.1, 0.15) is 5.82 Å². The summed E-state index contributed by atoms with van der Waals surface area (Å²) in [5, 5.41) is 12.7. The first kappa shape index (κ1) is 18.7. The van der Waals surface area contributed by atoms with Crippen LogP contribution in [0.4, 0.5) is 9.18 Å². The first-order chi connectivity index (χ1) is 12.6. The van der Waals surface area contributed by atoms with Gasteiger partial charge < -0.3 is 10.1 Å². The molecule has 1 aliphatic heterocycles. The zero-order valence-corrected chi connectivity index (χ0v) is 15.2. The van der Waals surface area contributed by atoms with Crippen molar-refractivity contribution in [3.63, 3.8) is 0 Å². The lowest BCUT2D eigenvalue weighted by Gasteiger charge is -2.39. The van der Waals surface area contributed by atoms with E-state index >= 15 is 0 Å². The molecule has 1 heterocycles. The van der Waals surface area contributed by atoms with E-state index in [1.807, 2.05) is 0 Å². The molecule has 1 aliphatic carbocycles. The molecule has 5 nitrogen and oxygen atoms in total. The average molecular weight is 359 g/mol. The van der Waals surface area contributed by atoms with Gasteiger partial charge in [-0.05, 0) is 45.1 Å². The second-order valence-electron chi connectivity index (χ2n) is 7.25. The van der Waals surface area contributed by atoms with Crippen LogP contribution in [-0.4, -0.2) is 42.8 Å². The Kier molecular flexibility index (Phi) is 5.77. The first-order valence-electron chi connectivity index (χ1n) is 9.41. The van der Waals surface area contributed by atoms with Crippen LogP contribution in [0.15, 0.2) is 24.3 Å². The number of rotatable bonds is 4. The molecule has 0 unspecified atom stereocenters. The van der Waals surface area contributed by atoms with Gasteiger partial charge in [0.25, 0.3) is 0 Å². The monoisotopic (exact) mass is 359 g/mol. The highest BCUT2D eigenvalue weighted by Gasteiger charge is 2.41. The highest BCUT2D eigenvalue weighted by molar-refractivity contribution is 5.67. The van der Waals surface area contributed by atoms with Crippen LogP contribution in [0.3, 0.4) is 0 Å². The number of hydrogen-bond acceptors (Lipinski definition) is 4. The van der Waals surface area contributed by atoms with Crippen molar-refractivity contribution in [1.29, 1.82) is 5.26 Å². The van der Waals surface area contributed by atoms with Gasteiger partial charge in [0.05, 0.1) is 18.1 Å². The van der Waals surface area contributed by atoms with E-state index in [0.717, 1.165) is 32.4 Å². The standard InChI is InChI=1S/C20H26FN3O2/c1-2-26-19(25)23-15-9-12-24(13-15)16-7-10-20(14-22,11-8-16)17-5-3-4-6-18(17)21/h3-6,15-16H,2,7-13H2,1H3,(H,23,25)/t15-,16?,20?/m1/s1. The summed E-state index contributed by atoms with van der Waals surface area (Å²) in [7, 11) is 0. The zero-order valence-electron chi connectivity index (χ0n) is 15.2. The van der Waals surface area contributed by atoms with Crippen molar-refractivity contribution < 1.29 is 13.9 Å². The van der Waals surface area contributed by atoms with Crippen LogP contribution in [0.5, 0.6) is 0 Å². The smallest absolute Gasteiger partial charge is 0.407 e. The Morgan fingerprint density at radius 2 is 2.12 bits per heavy atom. The Bertz CT molecular complexity index is 680. The lowest BCUT2D eigenvalue weighted by atomic mass is 9.69. The summed E-state index contributed by atoms with van der Waals surface area (Å²) < 4.78 is 19.2. The summed E-state index contributed by atoms with van der Waals surface area (Å²) in [6, 6.07) is 9.55. The van der Waals surface area contributed by atoms with Crippen LogP contribution in [-0.2, 0) is 10.2 Å². The van der Waals surface area contributed by atoms with Gasteiger partial charge in [0.2, 0.25) is 0 Å². The Morgan fingerprint density at radius 3 is 2.77 bits per heavy atom. The predicted octanol–water partition coefficient (Wildman–Crippen LogP) is 3.35. The van der Waals surface area contributed by atoms with Gasteiger partial charge in [-0.1, -0.05) is 18.2 Å². The third kappa shape index (κ3) is 3.83. The fourth-order valence-electron chi connectivity index (χ4n) is 4.33. The molecule has 2 fully saturated rings. The van der Waals surface area contributed by atoms with E-state index in [0.29, 0.717) is 31.1 Å². The van der Waals surface area contributed by atoms with Crippen LogP contribution in [0.2, 0.25) is 0 Å². The molecule has 1 saturated carbocycles. The highest BCUT2D eigenvalue weighted by Crippen LogP contribution is 2.41. The van der Waals surface area contributed by atoms with Crippen LogP contribution in [0, 0.1) is 17.1 Å². The minimum Gasteiger partial charge on any atom is -0.450 e. The number of benzene rings is 1. The molecule has 1 atom stereocenters. The number of halogens is 1. The van der Waals surface area contributed by atoms with Gasteiger partial charge in [0.15, 0.2) is 0 Å². The van der Waals surface area contributed by atoms with E-state index in [4.69, 9.17) is 4.74 Å². The van der Waals surface area contributed by atoms with E-state index < -0.39 is 5.41 Å². The van der Waals surface area contributed by atoms with Gasteiger partial charge in [-0.3, -0.25) is 4.90 Å². The van der Waals surface area contributed by atoms with Crippen LogP contribution in [0.25, 0.3) is 0 Å². The summed E-state index contributed by atoms with van der Waals surface area (Å²) in [5.41, 5.74) is -0.186. The lowest BCUT2D eigenvalue weighted by molar-refractivity contribution is 0.143. The van der Waals surface area contributed by atoms with E-state index in [2.05, 4.69) is 16.3 Å². The van der Waals surface area contributed by atoms with E-state index in [-0.39, 0.29) is 18.0 Å². The average Bonchev–Trinajstić information content (AvgIpc) is 3.11. The molecular weight excluding hydrogens is 333 g/mol. The van der Waals surface area contributed by atoms with Crippen molar-refractivity contribution >= 4 is 6.09 Å². The molecule has 6 heteroatoms. The summed E-state index contributed by atoms with van der Waals surface area (Å²) in [4.78, 5) is 14.0. The number of nitriles is 1. The number of nitrogens with zero attached hydrogens (tertiary/aromatic N) is 2. The van der Waals surface area contributed by atoms with Crippen LogP contribution in [0.1, 0.15) is 44.6 Å². The summed E-state index contributed by atoms with van der Waals surface area (Å²) in [5.74, 6) is -0.285. The maximum atomic E-state index is 14.2. The molecule has 0 bridgehead atoms. The van der Waals surface area contributed by atoms with Crippen molar-refractivity contribution in [3.8, 4) is 6.07 Å². The summed E-state index contributed by atoms with van der Waals surface area (Å²) in [6.45, 7) is 3.90. The molecule has 1 amide bonds. The van der Waals surface area contributed by atoms with Crippen molar-refractivity contribution in [3.05, 3.63) is 35.6 Å². The lowest BCUT2D eigenvalue weighted by Crippen LogP contribution is -2.43. The van der Waals surface area contributed by atoms with Crippen molar-refractivity contribution in [2.24, 2.45) is 0 Å². The van der Waals surface area contributed by atoms with Gasteiger partial charge >= 0.3 is 6.09 Å². The second-order valence-corrected chi connectivity index (χ2v) is 7.25. The fourth-order valence-corrected chi connectivity index (χ4v) is 4.33. The minimum atomic E-state index is -0.718. The molecule has 0 spiro atoms. The Hall–Kier alpha value is -2.13. The third-order valence-corrected chi connectivity index (χ3v) is 5.75. The molecule has 0 aromatic heterocycles. The Labute approximate surface area is 154 Å².